The molecule has 0 aliphatic carbocycles. The van der Waals surface area contributed by atoms with Gasteiger partial charge in [-0.25, -0.2) is 4.79 Å². The topological polar surface area (TPSA) is 118 Å². The van der Waals surface area contributed by atoms with E-state index in [4.69, 9.17) is 9.84 Å². The first kappa shape index (κ1) is 22.6. The van der Waals surface area contributed by atoms with E-state index in [0.29, 0.717) is 22.6 Å². The van der Waals surface area contributed by atoms with Crippen molar-refractivity contribution >= 4 is 29.5 Å². The Labute approximate surface area is 175 Å². The van der Waals surface area contributed by atoms with Gasteiger partial charge < -0.3 is 20.5 Å². The molecule has 2 rings (SSSR count). The van der Waals surface area contributed by atoms with E-state index in [1.54, 1.807) is 24.3 Å². The number of benzene rings is 1. The van der Waals surface area contributed by atoms with Crippen molar-refractivity contribution in [2.24, 2.45) is 0 Å². The monoisotopic (exact) mass is 411 g/mol. The van der Waals surface area contributed by atoms with Crippen molar-refractivity contribution < 1.29 is 24.2 Å². The van der Waals surface area contributed by atoms with Gasteiger partial charge in [-0.1, -0.05) is 6.07 Å². The van der Waals surface area contributed by atoms with Crippen molar-refractivity contribution in [3.05, 3.63) is 59.4 Å². The lowest BCUT2D eigenvalue weighted by Crippen LogP contribution is -2.40. The number of amides is 2. The summed E-state index contributed by atoms with van der Waals surface area (Å²) in [7, 11) is 1.49. The van der Waals surface area contributed by atoms with E-state index < -0.39 is 11.5 Å². The first-order valence-corrected chi connectivity index (χ1v) is 9.24. The predicted molar refractivity (Wildman–Crippen MR) is 113 cm³/mol. The number of rotatable bonds is 7. The summed E-state index contributed by atoms with van der Waals surface area (Å²) in [4.78, 5) is 39.6. The van der Waals surface area contributed by atoms with Gasteiger partial charge in [-0.15, -0.1) is 0 Å². The summed E-state index contributed by atoms with van der Waals surface area (Å²) in [5.74, 6) is -1.20. The second kappa shape index (κ2) is 9.69. The van der Waals surface area contributed by atoms with Crippen molar-refractivity contribution in [3.8, 4) is 5.75 Å². The van der Waals surface area contributed by atoms with Crippen LogP contribution in [0.25, 0.3) is 6.08 Å². The number of aromatic nitrogens is 1. The van der Waals surface area contributed by atoms with E-state index >= 15 is 0 Å². The molecule has 30 heavy (non-hydrogen) atoms. The summed E-state index contributed by atoms with van der Waals surface area (Å²) in [5.41, 5.74) is 1.46. The number of carbonyl (C=O) groups excluding carboxylic acids is 2. The molecule has 0 saturated heterocycles. The van der Waals surface area contributed by atoms with Gasteiger partial charge >= 0.3 is 5.97 Å². The van der Waals surface area contributed by atoms with Gasteiger partial charge in [0.2, 0.25) is 5.91 Å². The lowest BCUT2D eigenvalue weighted by atomic mass is 10.1. The van der Waals surface area contributed by atoms with E-state index in [1.807, 2.05) is 20.8 Å². The minimum Gasteiger partial charge on any atom is -0.496 e. The zero-order valence-electron chi connectivity index (χ0n) is 17.4. The third-order valence-electron chi connectivity index (χ3n) is 3.84. The molecule has 0 aliphatic heterocycles. The van der Waals surface area contributed by atoms with Crippen LogP contribution in [0.15, 0.2) is 42.6 Å². The van der Waals surface area contributed by atoms with Crippen molar-refractivity contribution in [2.45, 2.75) is 32.7 Å². The molecule has 2 amide bonds. The molecule has 1 aromatic heterocycles. The molecular formula is C22H25N3O5. The van der Waals surface area contributed by atoms with Crippen molar-refractivity contribution in [1.82, 2.24) is 10.3 Å². The molecule has 158 valence electrons. The van der Waals surface area contributed by atoms with Crippen molar-refractivity contribution in [2.75, 3.05) is 12.4 Å². The van der Waals surface area contributed by atoms with Crippen molar-refractivity contribution in [1.29, 1.82) is 0 Å². The lowest BCUT2D eigenvalue weighted by molar-refractivity contribution is -0.131. The number of aliphatic carboxylic acids is 1. The zero-order chi connectivity index (χ0) is 22.3. The van der Waals surface area contributed by atoms with Crippen molar-refractivity contribution in [3.63, 3.8) is 0 Å². The molecule has 0 unspecified atom stereocenters. The summed E-state index contributed by atoms with van der Waals surface area (Å²) in [5, 5.41) is 14.3. The first-order chi connectivity index (χ1) is 14.1. The van der Waals surface area contributed by atoms with E-state index in [0.717, 1.165) is 6.08 Å². The Bertz CT molecular complexity index is 977. The highest BCUT2D eigenvalue weighted by Gasteiger charge is 2.17. The van der Waals surface area contributed by atoms with Gasteiger partial charge in [-0.3, -0.25) is 14.6 Å². The number of anilines is 1. The maximum Gasteiger partial charge on any atom is 0.328 e. The van der Waals surface area contributed by atoms with Gasteiger partial charge in [-0.05, 0) is 56.7 Å². The molecule has 0 fully saturated rings. The molecule has 2 aromatic rings. The highest BCUT2D eigenvalue weighted by atomic mass is 16.5. The Kier molecular flexibility index (Phi) is 7.30. The molecule has 1 aromatic carbocycles. The third kappa shape index (κ3) is 7.05. The van der Waals surface area contributed by atoms with Crippen LogP contribution in [-0.2, 0) is 16.0 Å². The fourth-order valence-corrected chi connectivity index (χ4v) is 2.62. The normalized spacial score (nSPS) is 11.2. The second-order valence-electron chi connectivity index (χ2n) is 7.60. The zero-order valence-corrected chi connectivity index (χ0v) is 17.4. The number of nitrogens with zero attached hydrogens (tertiary/aromatic N) is 1. The molecular weight excluding hydrogens is 386 g/mol. The maximum absolute atomic E-state index is 12.5. The Hall–Kier alpha value is -3.68. The van der Waals surface area contributed by atoms with Crippen LogP contribution in [0.2, 0.25) is 0 Å². The Morgan fingerprint density at radius 2 is 1.90 bits per heavy atom. The standard InChI is InChI=1S/C22H25N3O5/c1-22(2,3)25-21(29)17-13-16(9-10-23-17)24-19(26)12-15-11-14(6-8-20(27)28)5-7-18(15)30-4/h5-11,13H,12H2,1-4H3,(H,25,29)(H,27,28)(H,23,24,26)/b8-6+. The molecule has 0 radical (unpaired) electrons. The molecule has 0 spiro atoms. The van der Waals surface area contributed by atoms with Crippen LogP contribution >= 0.6 is 0 Å². The Morgan fingerprint density at radius 1 is 1.17 bits per heavy atom. The number of ether oxygens (including phenoxy) is 1. The van der Waals surface area contributed by atoms with Crippen LogP contribution in [0.5, 0.6) is 5.75 Å². The second-order valence-corrected chi connectivity index (χ2v) is 7.60. The molecule has 0 atom stereocenters. The summed E-state index contributed by atoms with van der Waals surface area (Å²) >= 11 is 0. The minimum atomic E-state index is -1.06. The number of nitrogens with one attached hydrogen (secondary N) is 2. The fraction of sp³-hybridized carbons (Fsp3) is 0.273. The molecule has 8 heteroatoms. The van der Waals surface area contributed by atoms with E-state index in [2.05, 4.69) is 15.6 Å². The number of carboxylic acids is 1. The number of carbonyl (C=O) groups is 3. The van der Waals surface area contributed by atoms with Gasteiger partial charge in [0.15, 0.2) is 0 Å². The Morgan fingerprint density at radius 3 is 2.53 bits per heavy atom. The average molecular weight is 411 g/mol. The van der Waals surface area contributed by atoms with E-state index in [-0.39, 0.29) is 23.9 Å². The average Bonchev–Trinajstić information content (AvgIpc) is 2.65. The highest BCUT2D eigenvalue weighted by molar-refractivity contribution is 5.96. The molecule has 8 nitrogen and oxygen atoms in total. The first-order valence-electron chi connectivity index (χ1n) is 9.24. The number of methoxy groups -OCH3 is 1. The van der Waals surface area contributed by atoms with Gasteiger partial charge in [0, 0.05) is 29.1 Å². The maximum atomic E-state index is 12.5. The molecule has 1 heterocycles. The number of hydrogen-bond donors (Lipinski definition) is 3. The number of carboxylic acid groups (broad SMARTS) is 1. The largest absolute Gasteiger partial charge is 0.496 e. The van der Waals surface area contributed by atoms with E-state index in [9.17, 15) is 14.4 Å². The summed E-state index contributed by atoms with van der Waals surface area (Å²) in [6.07, 6.45) is 3.91. The van der Waals surface area contributed by atoms with Gasteiger partial charge in [-0.2, -0.15) is 0 Å². The van der Waals surface area contributed by atoms with E-state index in [1.165, 1.54) is 25.4 Å². The van der Waals surface area contributed by atoms with Crippen LogP contribution in [0, 0.1) is 0 Å². The third-order valence-corrected chi connectivity index (χ3v) is 3.84. The van der Waals surface area contributed by atoms with Gasteiger partial charge in [0.1, 0.15) is 11.4 Å². The van der Waals surface area contributed by atoms with Crippen LogP contribution in [0.1, 0.15) is 42.4 Å². The molecule has 0 bridgehead atoms. The van der Waals surface area contributed by atoms with Crippen LogP contribution < -0.4 is 15.4 Å². The molecule has 0 aliphatic rings. The molecule has 3 N–H and O–H groups in total. The lowest BCUT2D eigenvalue weighted by Gasteiger charge is -2.20. The smallest absolute Gasteiger partial charge is 0.328 e. The summed E-state index contributed by atoms with van der Waals surface area (Å²) < 4.78 is 5.29. The predicted octanol–water partition coefficient (Wildman–Crippen LogP) is 2.90. The highest BCUT2D eigenvalue weighted by Crippen LogP contribution is 2.22. The SMILES string of the molecule is COc1ccc(/C=C/C(=O)O)cc1CC(=O)Nc1ccnc(C(=O)NC(C)(C)C)c1. The fourth-order valence-electron chi connectivity index (χ4n) is 2.62. The van der Waals surface area contributed by atoms with Gasteiger partial charge in [0.25, 0.3) is 5.91 Å². The van der Waals surface area contributed by atoms with Gasteiger partial charge in [0.05, 0.1) is 13.5 Å². The summed E-state index contributed by atoms with van der Waals surface area (Å²) in [6.45, 7) is 5.59. The minimum absolute atomic E-state index is 0.00374. The quantitative estimate of drug-likeness (QED) is 0.603. The van der Waals surface area contributed by atoms with Crippen LogP contribution in [-0.4, -0.2) is 40.5 Å². The summed E-state index contributed by atoms with van der Waals surface area (Å²) in [6, 6.07) is 8.15. The number of hydrogen-bond acceptors (Lipinski definition) is 5. The molecule has 0 saturated carbocycles. The number of pyridine rings is 1. The Balaban J connectivity index is 2.14. The van der Waals surface area contributed by atoms with Crippen LogP contribution in [0.4, 0.5) is 5.69 Å². The van der Waals surface area contributed by atoms with Crippen LogP contribution in [0.3, 0.4) is 0 Å².